The van der Waals surface area contributed by atoms with E-state index in [-0.39, 0.29) is 33.8 Å². The molecule has 0 saturated carbocycles. The van der Waals surface area contributed by atoms with Crippen LogP contribution in [0.3, 0.4) is 0 Å². The van der Waals surface area contributed by atoms with Crippen LogP contribution in [0.15, 0.2) is 12.1 Å². The average Bonchev–Trinajstić information content (AvgIpc) is 1.84. The van der Waals surface area contributed by atoms with Gasteiger partial charge in [0.2, 0.25) is 0 Å². The van der Waals surface area contributed by atoms with E-state index >= 15 is 0 Å². The van der Waals surface area contributed by atoms with Crippen LogP contribution in [0.1, 0.15) is 0 Å². The van der Waals surface area contributed by atoms with Crippen molar-refractivity contribution in [2.45, 2.75) is 0 Å². The summed E-state index contributed by atoms with van der Waals surface area (Å²) in [5.74, 6) is -0.231. The molecular formula is C6H12N2O4. The second-order valence-electron chi connectivity index (χ2n) is 1.97. The summed E-state index contributed by atoms with van der Waals surface area (Å²) in [4.78, 5) is 0. The minimum Gasteiger partial charge on any atom is -0.506 e. The number of rotatable bonds is 0. The van der Waals surface area contributed by atoms with E-state index in [9.17, 15) is 0 Å². The zero-order valence-electron chi connectivity index (χ0n) is 6.20. The minimum absolute atomic E-state index is 0. The van der Waals surface area contributed by atoms with Crippen molar-refractivity contribution in [3.63, 3.8) is 0 Å². The topological polar surface area (TPSA) is 156 Å². The molecule has 0 fully saturated rings. The molecule has 0 amide bonds. The van der Waals surface area contributed by atoms with Crippen LogP contribution in [0.2, 0.25) is 0 Å². The molecule has 12 heavy (non-hydrogen) atoms. The lowest BCUT2D eigenvalue weighted by atomic mass is 10.2. The Labute approximate surface area is 68.7 Å². The highest BCUT2D eigenvalue weighted by Crippen LogP contribution is 2.30. The first-order valence-electron chi connectivity index (χ1n) is 2.68. The van der Waals surface area contributed by atoms with Crippen molar-refractivity contribution in [2.24, 2.45) is 0 Å². The molecule has 0 spiro atoms. The maximum absolute atomic E-state index is 8.91. The monoisotopic (exact) mass is 176 g/mol. The smallest absolute Gasteiger partial charge is 0.140 e. The first-order chi connectivity index (χ1) is 4.61. The normalized spacial score (nSPS) is 8.00. The first-order valence-corrected chi connectivity index (χ1v) is 2.68. The minimum atomic E-state index is -0.115. The number of aromatic hydroxyl groups is 2. The van der Waals surface area contributed by atoms with Gasteiger partial charge in [-0.3, -0.25) is 0 Å². The molecule has 0 aliphatic carbocycles. The van der Waals surface area contributed by atoms with E-state index in [0.717, 1.165) is 0 Å². The third-order valence-corrected chi connectivity index (χ3v) is 1.18. The van der Waals surface area contributed by atoms with Gasteiger partial charge < -0.3 is 32.6 Å². The molecule has 1 aromatic rings. The van der Waals surface area contributed by atoms with Crippen molar-refractivity contribution in [3.05, 3.63) is 12.1 Å². The van der Waals surface area contributed by atoms with Crippen LogP contribution in [0.4, 0.5) is 11.4 Å². The number of hydrogen-bond acceptors (Lipinski definition) is 4. The van der Waals surface area contributed by atoms with Gasteiger partial charge in [0, 0.05) is 12.1 Å². The summed E-state index contributed by atoms with van der Waals surface area (Å²) >= 11 is 0. The van der Waals surface area contributed by atoms with Crippen LogP contribution in [-0.2, 0) is 0 Å². The van der Waals surface area contributed by atoms with Crippen LogP contribution < -0.4 is 11.5 Å². The van der Waals surface area contributed by atoms with E-state index in [1.54, 1.807) is 0 Å². The van der Waals surface area contributed by atoms with Crippen molar-refractivity contribution >= 4 is 11.4 Å². The molecule has 1 aromatic carbocycles. The van der Waals surface area contributed by atoms with Gasteiger partial charge in [0.25, 0.3) is 0 Å². The summed E-state index contributed by atoms with van der Waals surface area (Å²) < 4.78 is 0. The number of anilines is 2. The van der Waals surface area contributed by atoms with Crippen LogP contribution >= 0.6 is 0 Å². The van der Waals surface area contributed by atoms with Crippen LogP contribution in [-0.4, -0.2) is 21.2 Å². The summed E-state index contributed by atoms with van der Waals surface area (Å²) in [6, 6.07) is 2.40. The Balaban J connectivity index is 0. The Bertz CT molecular complexity index is 214. The molecule has 6 heteroatoms. The number of nitrogens with two attached hydrogens (primary N) is 2. The molecule has 0 atom stereocenters. The second kappa shape index (κ2) is 4.27. The van der Waals surface area contributed by atoms with E-state index in [1.807, 2.05) is 0 Å². The summed E-state index contributed by atoms with van der Waals surface area (Å²) in [6.07, 6.45) is 0. The molecule has 0 saturated heterocycles. The number of phenolic OH excluding ortho intramolecular Hbond substituents is 2. The van der Waals surface area contributed by atoms with Gasteiger partial charge in [-0.05, 0) is 0 Å². The van der Waals surface area contributed by atoms with Crippen molar-refractivity contribution in [2.75, 3.05) is 11.5 Å². The van der Waals surface area contributed by atoms with E-state index in [1.165, 1.54) is 12.1 Å². The van der Waals surface area contributed by atoms with Crippen LogP contribution in [0.5, 0.6) is 11.5 Å². The van der Waals surface area contributed by atoms with Crippen molar-refractivity contribution in [1.29, 1.82) is 0 Å². The van der Waals surface area contributed by atoms with Crippen molar-refractivity contribution in [1.82, 2.24) is 0 Å². The number of nitrogen functional groups attached to an aromatic ring is 2. The Morgan fingerprint density at radius 1 is 0.833 bits per heavy atom. The average molecular weight is 176 g/mol. The maximum atomic E-state index is 8.91. The molecular weight excluding hydrogens is 164 g/mol. The zero-order chi connectivity index (χ0) is 7.72. The Morgan fingerprint density at radius 3 is 1.33 bits per heavy atom. The van der Waals surface area contributed by atoms with Gasteiger partial charge >= 0.3 is 0 Å². The standard InChI is InChI=1S/C6H8N2O2.2H2O/c7-3-1-5(9)4(8)2-6(3)10;;/h1-2,9-10H,7-8H2;2*1H2. The molecule has 0 aliphatic rings. The predicted octanol–water partition coefficient (Wildman–Crippen LogP) is -1.39. The predicted molar refractivity (Wildman–Crippen MR) is 45.8 cm³/mol. The van der Waals surface area contributed by atoms with E-state index in [4.69, 9.17) is 21.7 Å². The molecule has 70 valence electrons. The third kappa shape index (κ3) is 2.19. The molecule has 10 N–H and O–H groups in total. The van der Waals surface area contributed by atoms with Crippen LogP contribution in [0.25, 0.3) is 0 Å². The van der Waals surface area contributed by atoms with Gasteiger partial charge in [-0.25, -0.2) is 0 Å². The maximum Gasteiger partial charge on any atom is 0.140 e. The summed E-state index contributed by atoms with van der Waals surface area (Å²) in [5.41, 5.74) is 10.7. The molecule has 6 nitrogen and oxygen atoms in total. The molecule has 0 unspecified atom stereocenters. The van der Waals surface area contributed by atoms with Gasteiger partial charge in [0.05, 0.1) is 11.4 Å². The van der Waals surface area contributed by atoms with Gasteiger partial charge in [0.15, 0.2) is 0 Å². The third-order valence-electron chi connectivity index (χ3n) is 1.18. The van der Waals surface area contributed by atoms with Crippen molar-refractivity contribution in [3.8, 4) is 11.5 Å². The SMILES string of the molecule is Nc1cc(O)c(N)cc1O.O.O. The summed E-state index contributed by atoms with van der Waals surface area (Å²) in [7, 11) is 0. The van der Waals surface area contributed by atoms with Gasteiger partial charge in [-0.15, -0.1) is 0 Å². The Morgan fingerprint density at radius 2 is 1.08 bits per heavy atom. The molecule has 0 aliphatic heterocycles. The Hall–Kier alpha value is -1.66. The van der Waals surface area contributed by atoms with E-state index in [0.29, 0.717) is 0 Å². The van der Waals surface area contributed by atoms with Gasteiger partial charge in [0.1, 0.15) is 11.5 Å². The molecule has 0 heterocycles. The highest BCUT2D eigenvalue weighted by molar-refractivity contribution is 5.66. The second-order valence-corrected chi connectivity index (χ2v) is 1.97. The largest absolute Gasteiger partial charge is 0.506 e. The summed E-state index contributed by atoms with van der Waals surface area (Å²) in [5, 5.41) is 17.8. The fourth-order valence-electron chi connectivity index (χ4n) is 0.609. The van der Waals surface area contributed by atoms with Crippen molar-refractivity contribution < 1.29 is 21.2 Å². The molecule has 0 radical (unpaired) electrons. The Kier molecular flexibility index (Phi) is 4.61. The molecule has 0 aromatic heterocycles. The lowest BCUT2D eigenvalue weighted by Gasteiger charge is -2.01. The highest BCUT2D eigenvalue weighted by Gasteiger charge is 2.01. The van der Waals surface area contributed by atoms with E-state index in [2.05, 4.69) is 0 Å². The fraction of sp³-hybridized carbons (Fsp3) is 0. The van der Waals surface area contributed by atoms with E-state index < -0.39 is 0 Å². The fourth-order valence-corrected chi connectivity index (χ4v) is 0.609. The lowest BCUT2D eigenvalue weighted by Crippen LogP contribution is -1.89. The number of benzene rings is 1. The number of hydrogen-bond donors (Lipinski definition) is 4. The van der Waals surface area contributed by atoms with Gasteiger partial charge in [-0.2, -0.15) is 0 Å². The highest BCUT2D eigenvalue weighted by atomic mass is 16.3. The van der Waals surface area contributed by atoms with Gasteiger partial charge in [-0.1, -0.05) is 0 Å². The molecule has 0 bridgehead atoms. The zero-order valence-corrected chi connectivity index (χ0v) is 6.20. The summed E-state index contributed by atoms with van der Waals surface area (Å²) in [6.45, 7) is 0. The quantitative estimate of drug-likeness (QED) is 0.218. The molecule has 1 rings (SSSR count). The first kappa shape index (κ1) is 13.0. The lowest BCUT2D eigenvalue weighted by molar-refractivity contribution is 0.465. The van der Waals surface area contributed by atoms with Crippen LogP contribution in [0, 0.1) is 0 Å². The number of phenols is 2.